The summed E-state index contributed by atoms with van der Waals surface area (Å²) in [5, 5.41) is 0. The Hall–Kier alpha value is -2.37. The fourth-order valence-corrected chi connectivity index (χ4v) is 6.70. The molecule has 0 amide bonds. The van der Waals surface area contributed by atoms with Crippen molar-refractivity contribution < 1.29 is 22.3 Å². The van der Waals surface area contributed by atoms with E-state index < -0.39 is 39.9 Å². The molecule has 1 heterocycles. The van der Waals surface area contributed by atoms with Gasteiger partial charge in [-0.2, -0.15) is 0 Å². The number of ether oxygens (including phenoxy) is 1. The molecule has 0 bridgehead atoms. The van der Waals surface area contributed by atoms with E-state index in [2.05, 4.69) is 11.9 Å². The summed E-state index contributed by atoms with van der Waals surface area (Å²) < 4.78 is 65.7. The minimum atomic E-state index is -0.957. The average Bonchev–Trinajstić information content (AvgIpc) is 3.17. The highest BCUT2D eigenvalue weighted by molar-refractivity contribution is 5.96. The Morgan fingerprint density at radius 3 is 2.06 bits per heavy atom. The Bertz CT molecular complexity index is 1130. The highest BCUT2D eigenvalue weighted by Crippen LogP contribution is 2.49. The minimum absolute atomic E-state index is 0.115. The highest BCUT2D eigenvalue weighted by Gasteiger charge is 2.36. The highest BCUT2D eigenvalue weighted by atomic mass is 19.1. The number of benzene rings is 2. The molecule has 2 nitrogen and oxygen atoms in total. The van der Waals surface area contributed by atoms with Crippen LogP contribution in [0.2, 0.25) is 0 Å². The van der Waals surface area contributed by atoms with Crippen molar-refractivity contribution in [1.29, 1.82) is 0 Å². The van der Waals surface area contributed by atoms with Crippen molar-refractivity contribution >= 4 is 5.90 Å². The van der Waals surface area contributed by atoms with Gasteiger partial charge in [0.15, 0.2) is 0 Å². The van der Waals surface area contributed by atoms with Crippen LogP contribution in [0.3, 0.4) is 0 Å². The van der Waals surface area contributed by atoms with E-state index >= 15 is 8.78 Å². The van der Waals surface area contributed by atoms with E-state index in [9.17, 15) is 8.78 Å². The summed E-state index contributed by atoms with van der Waals surface area (Å²) in [4.78, 5) is 4.22. The number of aliphatic imine (C=N–C) groups is 1. The Balaban J connectivity index is 1.37. The third-order valence-electron chi connectivity index (χ3n) is 8.47. The van der Waals surface area contributed by atoms with Gasteiger partial charge in [-0.15, -0.1) is 0 Å². The third kappa shape index (κ3) is 4.92. The summed E-state index contributed by atoms with van der Waals surface area (Å²) in [5.74, 6) is -1.34. The van der Waals surface area contributed by atoms with Gasteiger partial charge in [-0.05, 0) is 105 Å². The third-order valence-corrected chi connectivity index (χ3v) is 8.47. The number of nitrogens with zero attached hydrogens (tertiary/aromatic N) is 1. The second kappa shape index (κ2) is 9.83. The van der Waals surface area contributed by atoms with Gasteiger partial charge in [0.1, 0.15) is 35.4 Å². The van der Waals surface area contributed by atoms with Gasteiger partial charge in [0, 0.05) is 0 Å². The van der Waals surface area contributed by atoms with E-state index in [1.165, 1.54) is 44.2 Å². The molecule has 2 fully saturated rings. The molecule has 194 valence electrons. The van der Waals surface area contributed by atoms with Crippen LogP contribution in [0.4, 0.5) is 17.6 Å². The normalized spacial score (nSPS) is 27.4. The van der Waals surface area contributed by atoms with Crippen LogP contribution in [0.1, 0.15) is 89.2 Å². The number of fused-ring (bicyclic) bond motifs is 1. The van der Waals surface area contributed by atoms with Gasteiger partial charge in [-0.25, -0.2) is 22.6 Å². The van der Waals surface area contributed by atoms with Crippen molar-refractivity contribution in [2.24, 2.45) is 22.7 Å². The van der Waals surface area contributed by atoms with Gasteiger partial charge in [0.05, 0.1) is 11.1 Å². The number of rotatable bonds is 5. The summed E-state index contributed by atoms with van der Waals surface area (Å²) in [6.45, 7) is 6.03. The zero-order valence-electron chi connectivity index (χ0n) is 21.4. The first-order chi connectivity index (χ1) is 17.1. The monoisotopic (exact) mass is 501 g/mol. The van der Waals surface area contributed by atoms with Crippen LogP contribution in [0.5, 0.6) is 0 Å². The standard InChI is InChI=1S/C30H35F4NO/c1-4-5-17-6-7-19-11-20(9-8-18(19)10-17)21-12-23(31)27(24(32)13-21)22-14-25(33)28(26(34)15-22)29-35-30(2,3)16-36-29/h12-15,17-20H,4-11,16H2,1-3H3/t17?,18-,19-,20-/m1/s1. The quantitative estimate of drug-likeness (QED) is 0.376. The summed E-state index contributed by atoms with van der Waals surface area (Å²) in [6.07, 6.45) is 9.25. The second-order valence-electron chi connectivity index (χ2n) is 11.7. The summed E-state index contributed by atoms with van der Waals surface area (Å²) in [7, 11) is 0. The molecule has 4 atom stereocenters. The van der Waals surface area contributed by atoms with E-state index in [1.54, 1.807) is 13.8 Å². The maximum atomic E-state index is 15.3. The van der Waals surface area contributed by atoms with Crippen molar-refractivity contribution in [2.75, 3.05) is 6.61 Å². The number of hydrogen-bond acceptors (Lipinski definition) is 2. The van der Waals surface area contributed by atoms with Crippen LogP contribution >= 0.6 is 0 Å². The van der Waals surface area contributed by atoms with Crippen molar-refractivity contribution in [1.82, 2.24) is 0 Å². The van der Waals surface area contributed by atoms with Crippen LogP contribution < -0.4 is 0 Å². The predicted molar refractivity (Wildman–Crippen MR) is 134 cm³/mol. The van der Waals surface area contributed by atoms with Crippen LogP contribution in [0.15, 0.2) is 29.3 Å². The van der Waals surface area contributed by atoms with Gasteiger partial charge in [-0.3, -0.25) is 0 Å². The maximum Gasteiger partial charge on any atom is 0.222 e. The molecule has 2 aromatic rings. The van der Waals surface area contributed by atoms with Crippen molar-refractivity contribution in [3.05, 3.63) is 58.7 Å². The lowest BCUT2D eigenvalue weighted by atomic mass is 9.63. The van der Waals surface area contributed by atoms with Crippen LogP contribution in [-0.2, 0) is 4.74 Å². The van der Waals surface area contributed by atoms with Crippen LogP contribution in [0.25, 0.3) is 11.1 Å². The predicted octanol–water partition coefficient (Wildman–Crippen LogP) is 8.57. The van der Waals surface area contributed by atoms with Crippen molar-refractivity contribution in [2.45, 2.75) is 83.6 Å². The Morgan fingerprint density at radius 1 is 0.833 bits per heavy atom. The minimum Gasteiger partial charge on any atom is -0.475 e. The van der Waals surface area contributed by atoms with E-state index in [1.807, 2.05) is 0 Å². The summed E-state index contributed by atoms with van der Waals surface area (Å²) in [6, 6.07) is 4.64. The number of halogens is 4. The SMILES string of the molecule is CCCC1CC[C@@H]2C[C@H](c3cc(F)c(-c4cc(F)c(C5=NC(C)(C)CO5)c(F)c4)c(F)c3)CC[C@@H]2C1. The van der Waals surface area contributed by atoms with Gasteiger partial charge >= 0.3 is 0 Å². The largest absolute Gasteiger partial charge is 0.475 e. The first-order valence-corrected chi connectivity index (χ1v) is 13.4. The number of hydrogen-bond donors (Lipinski definition) is 0. The van der Waals surface area contributed by atoms with Gasteiger partial charge in [0.25, 0.3) is 0 Å². The van der Waals surface area contributed by atoms with Gasteiger partial charge < -0.3 is 4.74 Å². The molecule has 0 aromatic heterocycles. The van der Waals surface area contributed by atoms with Crippen molar-refractivity contribution in [3.8, 4) is 11.1 Å². The molecule has 3 aliphatic rings. The van der Waals surface area contributed by atoms with Gasteiger partial charge in [0.2, 0.25) is 5.90 Å². The molecule has 36 heavy (non-hydrogen) atoms. The lowest BCUT2D eigenvalue weighted by Gasteiger charge is -2.42. The molecule has 6 heteroatoms. The molecule has 2 aliphatic carbocycles. The van der Waals surface area contributed by atoms with Crippen LogP contribution in [0, 0.1) is 41.0 Å². The molecule has 2 aromatic carbocycles. The average molecular weight is 502 g/mol. The van der Waals surface area contributed by atoms with E-state index in [0.717, 1.165) is 43.2 Å². The summed E-state index contributed by atoms with van der Waals surface area (Å²) >= 11 is 0. The smallest absolute Gasteiger partial charge is 0.222 e. The molecule has 0 N–H and O–H groups in total. The van der Waals surface area contributed by atoms with Crippen molar-refractivity contribution in [3.63, 3.8) is 0 Å². The lowest BCUT2D eigenvalue weighted by Crippen LogP contribution is -2.30. The first kappa shape index (κ1) is 25.3. The summed E-state index contributed by atoms with van der Waals surface area (Å²) in [5.41, 5.74) is -0.935. The molecule has 5 rings (SSSR count). The van der Waals surface area contributed by atoms with Crippen LogP contribution in [-0.4, -0.2) is 18.0 Å². The van der Waals surface area contributed by atoms with E-state index in [-0.39, 0.29) is 24.0 Å². The van der Waals surface area contributed by atoms with E-state index in [0.29, 0.717) is 11.5 Å². The zero-order valence-corrected chi connectivity index (χ0v) is 21.4. The second-order valence-corrected chi connectivity index (χ2v) is 11.7. The van der Waals surface area contributed by atoms with Gasteiger partial charge in [-0.1, -0.05) is 26.2 Å². The van der Waals surface area contributed by atoms with E-state index in [4.69, 9.17) is 4.74 Å². The fourth-order valence-electron chi connectivity index (χ4n) is 6.70. The Morgan fingerprint density at radius 2 is 1.44 bits per heavy atom. The zero-order chi connectivity index (χ0) is 25.6. The first-order valence-electron chi connectivity index (χ1n) is 13.4. The molecular weight excluding hydrogens is 466 g/mol. The molecule has 0 spiro atoms. The lowest BCUT2D eigenvalue weighted by molar-refractivity contribution is 0.114. The topological polar surface area (TPSA) is 21.6 Å². The fraction of sp³-hybridized carbons (Fsp3) is 0.567. The molecular formula is C30H35F4NO. The molecule has 1 aliphatic heterocycles. The maximum absolute atomic E-state index is 15.3. The molecule has 1 unspecified atom stereocenters. The molecule has 0 saturated heterocycles. The molecule has 2 saturated carbocycles. The Kier molecular flexibility index (Phi) is 6.90. The molecule has 0 radical (unpaired) electrons. The Labute approximate surface area is 211 Å².